The van der Waals surface area contributed by atoms with E-state index in [1.807, 2.05) is 0 Å². The van der Waals surface area contributed by atoms with Crippen LogP contribution in [0.25, 0.3) is 0 Å². The summed E-state index contributed by atoms with van der Waals surface area (Å²) in [7, 11) is 0. The molecule has 0 fully saturated rings. The highest BCUT2D eigenvalue weighted by Gasteiger charge is 2.12. The molecule has 0 spiro atoms. The van der Waals surface area contributed by atoms with Gasteiger partial charge in [-0.3, -0.25) is 15.1 Å². The van der Waals surface area contributed by atoms with E-state index in [0.29, 0.717) is 28.5 Å². The van der Waals surface area contributed by atoms with E-state index < -0.39 is 0 Å². The Morgan fingerprint density at radius 1 is 1.41 bits per heavy atom. The SMILES string of the molecule is Cc1cc(NC(=O)c2cc(N)cnc2C)on1. The van der Waals surface area contributed by atoms with E-state index in [2.05, 4.69) is 15.5 Å². The Balaban J connectivity index is 2.22. The summed E-state index contributed by atoms with van der Waals surface area (Å²) >= 11 is 0. The van der Waals surface area contributed by atoms with Crippen LogP contribution < -0.4 is 11.1 Å². The number of amides is 1. The van der Waals surface area contributed by atoms with E-state index in [0.717, 1.165) is 0 Å². The van der Waals surface area contributed by atoms with Crippen molar-refractivity contribution in [2.45, 2.75) is 13.8 Å². The quantitative estimate of drug-likeness (QED) is 0.818. The number of nitrogens with one attached hydrogen (secondary N) is 1. The summed E-state index contributed by atoms with van der Waals surface area (Å²) in [6.07, 6.45) is 1.50. The molecule has 2 rings (SSSR count). The Morgan fingerprint density at radius 3 is 2.82 bits per heavy atom. The third-order valence-electron chi connectivity index (χ3n) is 2.22. The van der Waals surface area contributed by atoms with Crippen molar-refractivity contribution in [3.05, 3.63) is 35.3 Å². The van der Waals surface area contributed by atoms with Gasteiger partial charge in [-0.1, -0.05) is 5.16 Å². The fraction of sp³-hybridized carbons (Fsp3) is 0.182. The first kappa shape index (κ1) is 11.1. The average molecular weight is 232 g/mol. The molecule has 0 saturated heterocycles. The highest BCUT2D eigenvalue weighted by molar-refractivity contribution is 6.04. The summed E-state index contributed by atoms with van der Waals surface area (Å²) in [5, 5.41) is 6.26. The van der Waals surface area contributed by atoms with Crippen LogP contribution >= 0.6 is 0 Å². The molecule has 6 heteroatoms. The lowest BCUT2D eigenvalue weighted by Crippen LogP contribution is -2.14. The summed E-state index contributed by atoms with van der Waals surface area (Å²) < 4.78 is 4.89. The minimum Gasteiger partial charge on any atom is -0.397 e. The molecule has 0 aliphatic rings. The van der Waals surface area contributed by atoms with Gasteiger partial charge < -0.3 is 10.3 Å². The van der Waals surface area contributed by atoms with Crippen LogP contribution in [-0.4, -0.2) is 16.0 Å². The molecule has 0 aliphatic heterocycles. The lowest BCUT2D eigenvalue weighted by Gasteiger charge is -2.04. The standard InChI is InChI=1S/C11H12N4O2/c1-6-3-10(17-15-6)14-11(16)9-4-8(12)5-13-7(9)2/h3-5H,12H2,1-2H3,(H,14,16). The molecule has 0 unspecified atom stereocenters. The zero-order chi connectivity index (χ0) is 12.4. The van der Waals surface area contributed by atoms with Gasteiger partial charge in [0.15, 0.2) is 0 Å². The molecule has 0 aromatic carbocycles. The molecule has 2 heterocycles. The fourth-order valence-electron chi connectivity index (χ4n) is 1.38. The predicted octanol–water partition coefficient (Wildman–Crippen LogP) is 1.52. The Kier molecular flexibility index (Phi) is 2.78. The molecule has 3 N–H and O–H groups in total. The number of aromatic nitrogens is 2. The number of hydrogen-bond acceptors (Lipinski definition) is 5. The minimum atomic E-state index is -0.321. The number of rotatable bonds is 2. The summed E-state index contributed by atoms with van der Waals surface area (Å²) in [5.41, 5.74) is 7.74. The predicted molar refractivity (Wildman–Crippen MR) is 62.6 cm³/mol. The zero-order valence-corrected chi connectivity index (χ0v) is 9.52. The van der Waals surface area contributed by atoms with Crippen molar-refractivity contribution in [2.75, 3.05) is 11.1 Å². The molecule has 6 nitrogen and oxygen atoms in total. The first-order chi connectivity index (χ1) is 8.06. The molecule has 0 atom stereocenters. The van der Waals surface area contributed by atoms with Crippen molar-refractivity contribution >= 4 is 17.5 Å². The van der Waals surface area contributed by atoms with Crippen molar-refractivity contribution in [1.82, 2.24) is 10.1 Å². The van der Waals surface area contributed by atoms with Gasteiger partial charge in [0.2, 0.25) is 5.88 Å². The molecule has 0 saturated carbocycles. The van der Waals surface area contributed by atoms with Crippen molar-refractivity contribution < 1.29 is 9.32 Å². The molecule has 0 bridgehead atoms. The van der Waals surface area contributed by atoms with Crippen molar-refractivity contribution in [1.29, 1.82) is 0 Å². The lowest BCUT2D eigenvalue weighted by atomic mass is 10.2. The van der Waals surface area contributed by atoms with Crippen LogP contribution in [0, 0.1) is 13.8 Å². The molecule has 88 valence electrons. The third kappa shape index (κ3) is 2.41. The lowest BCUT2D eigenvalue weighted by molar-refractivity contribution is 0.102. The van der Waals surface area contributed by atoms with Crippen LogP contribution in [0.15, 0.2) is 22.9 Å². The number of nitrogen functional groups attached to an aromatic ring is 1. The zero-order valence-electron chi connectivity index (χ0n) is 9.52. The number of carbonyl (C=O) groups is 1. The topological polar surface area (TPSA) is 94.0 Å². The van der Waals surface area contributed by atoms with Crippen molar-refractivity contribution in [2.24, 2.45) is 0 Å². The van der Waals surface area contributed by atoms with Gasteiger partial charge in [-0.2, -0.15) is 0 Å². The Labute approximate surface area is 97.8 Å². The second-order valence-corrected chi connectivity index (χ2v) is 3.69. The molecule has 0 radical (unpaired) electrons. The molecule has 17 heavy (non-hydrogen) atoms. The molecule has 2 aromatic heterocycles. The highest BCUT2D eigenvalue weighted by atomic mass is 16.5. The first-order valence-electron chi connectivity index (χ1n) is 5.03. The highest BCUT2D eigenvalue weighted by Crippen LogP contribution is 2.14. The first-order valence-corrected chi connectivity index (χ1v) is 5.03. The maximum atomic E-state index is 11.9. The van der Waals surface area contributed by atoms with Crippen molar-refractivity contribution in [3.8, 4) is 0 Å². The fourth-order valence-corrected chi connectivity index (χ4v) is 1.38. The van der Waals surface area contributed by atoms with Gasteiger partial charge in [0, 0.05) is 6.07 Å². The van der Waals surface area contributed by atoms with Gasteiger partial charge >= 0.3 is 0 Å². The van der Waals surface area contributed by atoms with E-state index >= 15 is 0 Å². The van der Waals surface area contributed by atoms with Crippen LogP contribution in [0.3, 0.4) is 0 Å². The van der Waals surface area contributed by atoms with Crippen LogP contribution in [0.5, 0.6) is 0 Å². The largest absolute Gasteiger partial charge is 0.397 e. The summed E-state index contributed by atoms with van der Waals surface area (Å²) in [6, 6.07) is 3.20. The Bertz CT molecular complexity index is 562. The third-order valence-corrected chi connectivity index (χ3v) is 2.22. The van der Waals surface area contributed by atoms with Gasteiger partial charge in [-0.25, -0.2) is 0 Å². The number of nitrogens with zero attached hydrogens (tertiary/aromatic N) is 2. The summed E-state index contributed by atoms with van der Waals surface area (Å²) in [6.45, 7) is 3.51. The number of carbonyl (C=O) groups excluding carboxylic acids is 1. The van der Waals surface area contributed by atoms with E-state index in [1.54, 1.807) is 26.0 Å². The number of aryl methyl sites for hydroxylation is 2. The Hall–Kier alpha value is -2.37. The number of anilines is 2. The summed E-state index contributed by atoms with van der Waals surface area (Å²) in [5.74, 6) is -0.0206. The molecule has 0 aliphatic carbocycles. The monoisotopic (exact) mass is 232 g/mol. The van der Waals surface area contributed by atoms with Gasteiger partial charge in [0.05, 0.1) is 28.8 Å². The second kappa shape index (κ2) is 4.25. The van der Waals surface area contributed by atoms with Gasteiger partial charge in [0.1, 0.15) is 0 Å². The smallest absolute Gasteiger partial charge is 0.259 e. The van der Waals surface area contributed by atoms with Gasteiger partial charge in [-0.05, 0) is 19.9 Å². The maximum Gasteiger partial charge on any atom is 0.259 e. The van der Waals surface area contributed by atoms with Crippen LogP contribution in [-0.2, 0) is 0 Å². The van der Waals surface area contributed by atoms with Crippen molar-refractivity contribution in [3.63, 3.8) is 0 Å². The number of pyridine rings is 1. The van der Waals surface area contributed by atoms with Crippen LogP contribution in [0.1, 0.15) is 21.7 Å². The van der Waals surface area contributed by atoms with E-state index in [9.17, 15) is 4.79 Å². The van der Waals surface area contributed by atoms with E-state index in [-0.39, 0.29) is 5.91 Å². The molecule has 2 aromatic rings. The maximum absolute atomic E-state index is 11.9. The molecular weight excluding hydrogens is 220 g/mol. The van der Waals surface area contributed by atoms with Gasteiger partial charge in [0.25, 0.3) is 5.91 Å². The summed E-state index contributed by atoms with van der Waals surface area (Å²) in [4.78, 5) is 15.9. The van der Waals surface area contributed by atoms with Crippen LogP contribution in [0.2, 0.25) is 0 Å². The van der Waals surface area contributed by atoms with E-state index in [4.69, 9.17) is 10.3 Å². The average Bonchev–Trinajstić information content (AvgIpc) is 2.67. The molecule has 1 amide bonds. The normalized spacial score (nSPS) is 10.2. The Morgan fingerprint density at radius 2 is 2.18 bits per heavy atom. The van der Waals surface area contributed by atoms with Crippen LogP contribution in [0.4, 0.5) is 11.6 Å². The number of hydrogen-bond donors (Lipinski definition) is 2. The molecular formula is C11H12N4O2. The minimum absolute atomic E-state index is 0.300. The number of nitrogens with two attached hydrogens (primary N) is 1. The second-order valence-electron chi connectivity index (χ2n) is 3.69. The van der Waals surface area contributed by atoms with E-state index in [1.165, 1.54) is 6.20 Å². The van der Waals surface area contributed by atoms with Gasteiger partial charge in [-0.15, -0.1) is 0 Å².